The molecule has 0 saturated heterocycles. The monoisotopic (exact) mass is 341 g/mol. The molecule has 0 bridgehead atoms. The van der Waals surface area contributed by atoms with Crippen molar-refractivity contribution in [3.63, 3.8) is 0 Å². The van der Waals surface area contributed by atoms with E-state index in [1.165, 1.54) is 0 Å². The highest BCUT2D eigenvalue weighted by molar-refractivity contribution is 6.31. The fourth-order valence-corrected chi connectivity index (χ4v) is 3.52. The molecule has 3 aromatic rings. The SMILES string of the molecule is CCOC1c2cc(OC)ccc2-c2[nH]c3ccc(Cl)cc3c(=O)c21. The molecular formula is C19H16ClNO3. The minimum atomic E-state index is -0.401. The molecule has 0 aliphatic heterocycles. The number of H-pyrrole nitrogens is 1. The normalized spacial score (nSPS) is 15.4. The van der Waals surface area contributed by atoms with E-state index in [-0.39, 0.29) is 5.43 Å². The Morgan fingerprint density at radius 2 is 2.04 bits per heavy atom. The van der Waals surface area contributed by atoms with E-state index in [0.717, 1.165) is 28.1 Å². The van der Waals surface area contributed by atoms with Gasteiger partial charge in [0.2, 0.25) is 0 Å². The Hall–Kier alpha value is -2.30. The Morgan fingerprint density at radius 1 is 1.21 bits per heavy atom. The fourth-order valence-electron chi connectivity index (χ4n) is 3.34. The summed E-state index contributed by atoms with van der Waals surface area (Å²) in [6, 6.07) is 11.1. The standard InChI is InChI=1S/C19H16ClNO3/c1-3-24-19-13-9-11(23-2)5-6-12(13)17-16(19)18(22)14-8-10(20)4-7-15(14)21-17/h4-9,19H,3H2,1-2H3,(H,21,22). The van der Waals surface area contributed by atoms with Crippen LogP contribution in [-0.4, -0.2) is 18.7 Å². The maximum absolute atomic E-state index is 13.1. The highest BCUT2D eigenvalue weighted by Gasteiger charge is 2.33. The van der Waals surface area contributed by atoms with Gasteiger partial charge in [-0.2, -0.15) is 0 Å². The Labute approximate surface area is 144 Å². The minimum Gasteiger partial charge on any atom is -0.497 e. The van der Waals surface area contributed by atoms with Crippen molar-refractivity contribution in [2.24, 2.45) is 0 Å². The predicted octanol–water partition coefficient (Wildman–Crippen LogP) is 4.30. The van der Waals surface area contributed by atoms with Crippen molar-refractivity contribution in [2.45, 2.75) is 13.0 Å². The summed E-state index contributed by atoms with van der Waals surface area (Å²) in [7, 11) is 1.63. The van der Waals surface area contributed by atoms with Crippen molar-refractivity contribution in [2.75, 3.05) is 13.7 Å². The average molecular weight is 342 g/mol. The van der Waals surface area contributed by atoms with Crippen molar-refractivity contribution in [1.82, 2.24) is 4.98 Å². The number of ether oxygens (including phenoxy) is 2. The number of benzene rings is 2. The number of aromatic amines is 1. The first kappa shape index (κ1) is 15.2. The number of nitrogens with one attached hydrogen (secondary N) is 1. The summed E-state index contributed by atoms with van der Waals surface area (Å²) in [4.78, 5) is 16.5. The van der Waals surface area contributed by atoms with Gasteiger partial charge in [-0.15, -0.1) is 0 Å². The molecule has 0 saturated carbocycles. The molecule has 24 heavy (non-hydrogen) atoms. The molecule has 122 valence electrons. The Balaban J connectivity index is 2.06. The third-order valence-electron chi connectivity index (χ3n) is 4.41. The van der Waals surface area contributed by atoms with Crippen LogP contribution in [-0.2, 0) is 4.74 Å². The van der Waals surface area contributed by atoms with Gasteiger partial charge in [-0.1, -0.05) is 11.6 Å². The smallest absolute Gasteiger partial charge is 0.196 e. The number of fused-ring (bicyclic) bond motifs is 4. The van der Waals surface area contributed by atoms with Gasteiger partial charge in [-0.05, 0) is 48.9 Å². The van der Waals surface area contributed by atoms with Crippen LogP contribution in [0, 0.1) is 0 Å². The first-order valence-corrected chi connectivity index (χ1v) is 8.17. The molecule has 0 amide bonds. The van der Waals surface area contributed by atoms with E-state index < -0.39 is 6.10 Å². The first-order valence-electron chi connectivity index (χ1n) is 7.79. The van der Waals surface area contributed by atoms with Gasteiger partial charge < -0.3 is 14.5 Å². The fraction of sp³-hybridized carbons (Fsp3) is 0.211. The van der Waals surface area contributed by atoms with E-state index in [9.17, 15) is 4.79 Å². The molecule has 4 nitrogen and oxygen atoms in total. The lowest BCUT2D eigenvalue weighted by atomic mass is 10.1. The van der Waals surface area contributed by atoms with Crippen LogP contribution in [0.5, 0.6) is 5.75 Å². The van der Waals surface area contributed by atoms with Crippen LogP contribution in [0.25, 0.3) is 22.2 Å². The third-order valence-corrected chi connectivity index (χ3v) is 4.64. The van der Waals surface area contributed by atoms with Gasteiger partial charge in [0.25, 0.3) is 0 Å². The largest absolute Gasteiger partial charge is 0.497 e. The van der Waals surface area contributed by atoms with Gasteiger partial charge in [0.15, 0.2) is 5.43 Å². The number of hydrogen-bond donors (Lipinski definition) is 1. The summed E-state index contributed by atoms with van der Waals surface area (Å²) < 4.78 is 11.2. The number of hydrogen-bond acceptors (Lipinski definition) is 3. The summed E-state index contributed by atoms with van der Waals surface area (Å²) in [5.74, 6) is 0.742. The molecule has 1 unspecified atom stereocenters. The summed E-state index contributed by atoms with van der Waals surface area (Å²) in [5.41, 5.74) is 4.08. The molecule has 0 spiro atoms. The zero-order valence-corrected chi connectivity index (χ0v) is 14.1. The van der Waals surface area contributed by atoms with Crippen molar-refractivity contribution in [3.05, 3.63) is 62.8 Å². The third kappa shape index (κ3) is 2.14. The van der Waals surface area contributed by atoms with E-state index >= 15 is 0 Å². The number of halogens is 1. The van der Waals surface area contributed by atoms with Crippen molar-refractivity contribution in [3.8, 4) is 17.0 Å². The van der Waals surface area contributed by atoms with Crippen LogP contribution >= 0.6 is 11.6 Å². The van der Waals surface area contributed by atoms with E-state index in [4.69, 9.17) is 21.1 Å². The lowest BCUT2D eigenvalue weighted by molar-refractivity contribution is 0.0936. The molecule has 5 heteroatoms. The molecule has 4 rings (SSSR count). The van der Waals surface area contributed by atoms with Crippen LogP contribution in [0.15, 0.2) is 41.2 Å². The summed E-state index contributed by atoms with van der Waals surface area (Å²) in [6.45, 7) is 2.43. The van der Waals surface area contributed by atoms with Crippen molar-refractivity contribution in [1.29, 1.82) is 0 Å². The molecule has 1 aliphatic carbocycles. The lowest BCUT2D eigenvalue weighted by Gasteiger charge is -2.13. The van der Waals surface area contributed by atoms with Gasteiger partial charge in [-0.25, -0.2) is 0 Å². The minimum absolute atomic E-state index is 0.0464. The topological polar surface area (TPSA) is 51.3 Å². The summed E-state index contributed by atoms with van der Waals surface area (Å²) in [5, 5.41) is 1.11. The maximum atomic E-state index is 13.1. The van der Waals surface area contributed by atoms with Crippen molar-refractivity contribution < 1.29 is 9.47 Å². The molecule has 0 radical (unpaired) electrons. The Bertz CT molecular complexity index is 1010. The molecule has 2 aromatic carbocycles. The second kappa shape index (κ2) is 5.65. The van der Waals surface area contributed by atoms with Crippen LogP contribution in [0.2, 0.25) is 5.02 Å². The number of methoxy groups -OCH3 is 1. The Kier molecular flexibility index (Phi) is 3.59. The molecule has 1 heterocycles. The van der Waals surface area contributed by atoms with Crippen LogP contribution in [0.3, 0.4) is 0 Å². The average Bonchev–Trinajstić information content (AvgIpc) is 2.89. The zero-order chi connectivity index (χ0) is 16.8. The quantitative estimate of drug-likeness (QED) is 0.773. The van der Waals surface area contributed by atoms with Crippen molar-refractivity contribution >= 4 is 22.5 Å². The number of aromatic nitrogens is 1. The van der Waals surface area contributed by atoms with E-state index in [1.807, 2.05) is 31.2 Å². The Morgan fingerprint density at radius 3 is 2.79 bits per heavy atom. The van der Waals surface area contributed by atoms with E-state index in [0.29, 0.717) is 22.6 Å². The highest BCUT2D eigenvalue weighted by atomic mass is 35.5. The molecule has 1 N–H and O–H groups in total. The maximum Gasteiger partial charge on any atom is 0.196 e. The van der Waals surface area contributed by atoms with E-state index in [1.54, 1.807) is 19.2 Å². The van der Waals surface area contributed by atoms with Gasteiger partial charge in [0.1, 0.15) is 11.9 Å². The molecular weight excluding hydrogens is 326 g/mol. The molecule has 1 aromatic heterocycles. The van der Waals surface area contributed by atoms with Gasteiger partial charge in [0, 0.05) is 28.1 Å². The van der Waals surface area contributed by atoms with E-state index in [2.05, 4.69) is 4.98 Å². The number of pyridine rings is 1. The zero-order valence-electron chi connectivity index (χ0n) is 13.4. The second-order valence-electron chi connectivity index (χ2n) is 5.72. The molecule has 1 aliphatic rings. The van der Waals surface area contributed by atoms with Gasteiger partial charge >= 0.3 is 0 Å². The first-order chi connectivity index (χ1) is 11.6. The molecule has 1 atom stereocenters. The summed E-state index contributed by atoms with van der Waals surface area (Å²) in [6.07, 6.45) is -0.401. The van der Waals surface area contributed by atoms with Crippen LogP contribution in [0.1, 0.15) is 24.2 Å². The lowest BCUT2D eigenvalue weighted by Crippen LogP contribution is -2.15. The number of rotatable bonds is 3. The second-order valence-corrected chi connectivity index (χ2v) is 6.16. The molecule has 0 fully saturated rings. The van der Waals surface area contributed by atoms with Gasteiger partial charge in [0.05, 0.1) is 18.4 Å². The van der Waals surface area contributed by atoms with Crippen LogP contribution in [0.4, 0.5) is 0 Å². The van der Waals surface area contributed by atoms with Gasteiger partial charge in [-0.3, -0.25) is 4.79 Å². The summed E-state index contributed by atoms with van der Waals surface area (Å²) >= 11 is 6.07. The predicted molar refractivity (Wildman–Crippen MR) is 95.0 cm³/mol. The highest BCUT2D eigenvalue weighted by Crippen LogP contribution is 2.44. The van der Waals surface area contributed by atoms with Crippen LogP contribution < -0.4 is 10.2 Å².